The Morgan fingerprint density at radius 3 is 2.10 bits per heavy atom. The summed E-state index contributed by atoms with van der Waals surface area (Å²) in [6.45, 7) is 6.00. The number of hydrogen-bond donors (Lipinski definition) is 3. The highest BCUT2D eigenvalue weighted by Crippen LogP contribution is 2.16. The zero-order chi connectivity index (χ0) is 21.2. The minimum Gasteiger partial charge on any atom is -0.491 e. The van der Waals surface area contributed by atoms with Crippen LogP contribution >= 0.6 is 12.2 Å². The van der Waals surface area contributed by atoms with E-state index < -0.39 is 0 Å². The van der Waals surface area contributed by atoms with Crippen LogP contribution in [0.2, 0.25) is 0 Å². The summed E-state index contributed by atoms with van der Waals surface area (Å²) in [6, 6.07) is 14.0. The lowest BCUT2D eigenvalue weighted by atomic mass is 10.2. The first-order valence-corrected chi connectivity index (χ1v) is 10.1. The third-order valence-electron chi connectivity index (χ3n) is 4.16. The molecule has 0 aliphatic heterocycles. The zero-order valence-corrected chi connectivity index (χ0v) is 17.8. The molecule has 2 rings (SSSR count). The van der Waals surface area contributed by atoms with Gasteiger partial charge in [0, 0.05) is 23.4 Å². The molecule has 7 heteroatoms. The quantitative estimate of drug-likeness (QED) is 0.545. The van der Waals surface area contributed by atoms with E-state index in [4.69, 9.17) is 17.0 Å². The zero-order valence-electron chi connectivity index (χ0n) is 17.0. The van der Waals surface area contributed by atoms with E-state index in [1.54, 1.807) is 48.5 Å². The lowest BCUT2D eigenvalue weighted by Crippen LogP contribution is -2.34. The number of nitrogens with one attached hydrogen (secondary N) is 3. The molecule has 0 aliphatic carbocycles. The summed E-state index contributed by atoms with van der Waals surface area (Å²) in [4.78, 5) is 24.0. The van der Waals surface area contributed by atoms with Gasteiger partial charge in [0.2, 0.25) is 5.91 Å². The average molecular weight is 414 g/mol. The van der Waals surface area contributed by atoms with E-state index in [-0.39, 0.29) is 23.0 Å². The average Bonchev–Trinajstić information content (AvgIpc) is 2.70. The molecule has 0 aromatic heterocycles. The van der Waals surface area contributed by atoms with Crippen LogP contribution in [-0.2, 0) is 4.79 Å². The SMILES string of the molecule is CCCC(=O)Nc1ccc(NC(=S)NC(=O)c2ccc(O[C@@H](C)CC)cc2)cc1. The summed E-state index contributed by atoms with van der Waals surface area (Å²) in [7, 11) is 0. The highest BCUT2D eigenvalue weighted by molar-refractivity contribution is 7.80. The molecular formula is C22H27N3O3S. The second-order valence-electron chi connectivity index (χ2n) is 6.64. The maximum absolute atomic E-state index is 12.3. The number of carbonyl (C=O) groups is 2. The first-order chi connectivity index (χ1) is 13.9. The van der Waals surface area contributed by atoms with Crippen molar-refractivity contribution in [3.8, 4) is 5.75 Å². The van der Waals surface area contributed by atoms with Gasteiger partial charge >= 0.3 is 0 Å². The van der Waals surface area contributed by atoms with Crippen LogP contribution in [0, 0.1) is 0 Å². The highest BCUT2D eigenvalue weighted by Gasteiger charge is 2.09. The molecule has 0 saturated heterocycles. The van der Waals surface area contributed by atoms with Crippen molar-refractivity contribution in [1.29, 1.82) is 0 Å². The predicted octanol–water partition coefficient (Wildman–Crippen LogP) is 4.73. The number of benzene rings is 2. The van der Waals surface area contributed by atoms with Crippen LogP contribution in [0.3, 0.4) is 0 Å². The van der Waals surface area contributed by atoms with Crippen LogP contribution < -0.4 is 20.7 Å². The van der Waals surface area contributed by atoms with E-state index in [0.717, 1.165) is 18.6 Å². The largest absolute Gasteiger partial charge is 0.491 e. The fourth-order valence-electron chi connectivity index (χ4n) is 2.43. The van der Waals surface area contributed by atoms with E-state index in [1.807, 2.05) is 13.8 Å². The second kappa shape index (κ2) is 11.2. The maximum atomic E-state index is 12.3. The Morgan fingerprint density at radius 1 is 0.966 bits per heavy atom. The van der Waals surface area contributed by atoms with Crippen LogP contribution in [0.25, 0.3) is 0 Å². The van der Waals surface area contributed by atoms with Crippen molar-refractivity contribution in [1.82, 2.24) is 5.32 Å². The van der Waals surface area contributed by atoms with E-state index >= 15 is 0 Å². The number of hydrogen-bond acceptors (Lipinski definition) is 4. The molecule has 0 saturated carbocycles. The molecule has 6 nitrogen and oxygen atoms in total. The lowest BCUT2D eigenvalue weighted by molar-refractivity contribution is -0.116. The van der Waals surface area contributed by atoms with Gasteiger partial charge in [-0.05, 0) is 80.5 Å². The van der Waals surface area contributed by atoms with E-state index in [0.29, 0.717) is 23.4 Å². The first-order valence-electron chi connectivity index (χ1n) is 9.70. The Morgan fingerprint density at radius 2 is 1.55 bits per heavy atom. The third-order valence-corrected chi connectivity index (χ3v) is 4.36. The third kappa shape index (κ3) is 7.54. The predicted molar refractivity (Wildman–Crippen MR) is 120 cm³/mol. The van der Waals surface area contributed by atoms with Crippen molar-refractivity contribution in [2.24, 2.45) is 0 Å². The molecule has 0 fully saturated rings. The topological polar surface area (TPSA) is 79.5 Å². The molecule has 2 aromatic carbocycles. The second-order valence-corrected chi connectivity index (χ2v) is 7.05. The molecule has 0 unspecified atom stereocenters. The molecule has 0 aliphatic rings. The molecule has 0 bridgehead atoms. The van der Waals surface area contributed by atoms with E-state index in [9.17, 15) is 9.59 Å². The molecular weight excluding hydrogens is 386 g/mol. The molecule has 0 spiro atoms. The van der Waals surface area contributed by atoms with Gasteiger partial charge in [-0.3, -0.25) is 14.9 Å². The Bertz CT molecular complexity index is 835. The van der Waals surface area contributed by atoms with Crippen molar-refractivity contribution < 1.29 is 14.3 Å². The van der Waals surface area contributed by atoms with Gasteiger partial charge in [0.15, 0.2) is 5.11 Å². The molecule has 1 atom stereocenters. The van der Waals surface area contributed by atoms with Gasteiger partial charge in [-0.1, -0.05) is 13.8 Å². The molecule has 29 heavy (non-hydrogen) atoms. The number of ether oxygens (including phenoxy) is 1. The molecule has 2 amide bonds. The minimum atomic E-state index is -0.305. The van der Waals surface area contributed by atoms with Crippen LogP contribution in [0.4, 0.5) is 11.4 Å². The Balaban J connectivity index is 1.86. The van der Waals surface area contributed by atoms with Crippen molar-refractivity contribution in [3.05, 3.63) is 54.1 Å². The molecule has 0 heterocycles. The minimum absolute atomic E-state index is 0.0171. The first kappa shape index (κ1) is 22.4. The Labute approximate surface area is 177 Å². The van der Waals surface area contributed by atoms with Crippen LogP contribution in [0.5, 0.6) is 5.75 Å². The van der Waals surface area contributed by atoms with E-state index in [2.05, 4.69) is 22.9 Å². The number of carbonyl (C=O) groups excluding carboxylic acids is 2. The van der Waals surface area contributed by atoms with Gasteiger partial charge < -0.3 is 15.4 Å². The Hall–Kier alpha value is -2.93. The fraction of sp³-hybridized carbons (Fsp3) is 0.318. The van der Waals surface area contributed by atoms with Crippen molar-refractivity contribution >= 4 is 40.5 Å². The van der Waals surface area contributed by atoms with Crippen LogP contribution in [0.15, 0.2) is 48.5 Å². The van der Waals surface area contributed by atoms with Crippen LogP contribution in [-0.4, -0.2) is 23.0 Å². The van der Waals surface area contributed by atoms with Crippen molar-refractivity contribution in [2.45, 2.75) is 46.1 Å². The maximum Gasteiger partial charge on any atom is 0.257 e. The Kier molecular flexibility index (Phi) is 8.61. The van der Waals surface area contributed by atoms with Crippen molar-refractivity contribution in [3.63, 3.8) is 0 Å². The van der Waals surface area contributed by atoms with Gasteiger partial charge in [-0.25, -0.2) is 0 Å². The summed E-state index contributed by atoms with van der Waals surface area (Å²) >= 11 is 5.21. The van der Waals surface area contributed by atoms with E-state index in [1.165, 1.54) is 0 Å². The number of anilines is 2. The summed E-state index contributed by atoms with van der Waals surface area (Å²) < 4.78 is 5.71. The van der Waals surface area contributed by atoms with Crippen LogP contribution in [0.1, 0.15) is 50.4 Å². The van der Waals surface area contributed by atoms with Crippen molar-refractivity contribution in [2.75, 3.05) is 10.6 Å². The smallest absolute Gasteiger partial charge is 0.257 e. The number of amides is 2. The molecule has 154 valence electrons. The summed E-state index contributed by atoms with van der Waals surface area (Å²) in [5, 5.41) is 8.62. The number of thiocarbonyl (C=S) groups is 1. The summed E-state index contributed by atoms with van der Waals surface area (Å²) in [5.41, 5.74) is 1.91. The number of rotatable bonds is 8. The van der Waals surface area contributed by atoms with Gasteiger partial charge in [0.25, 0.3) is 5.91 Å². The molecule has 3 N–H and O–H groups in total. The standard InChI is InChI=1S/C22H27N3O3S/c1-4-6-20(26)23-17-9-11-18(12-10-17)24-22(29)25-21(27)16-7-13-19(14-8-16)28-15(3)5-2/h7-15H,4-6H2,1-3H3,(H,23,26)(H2,24,25,27,29)/t15-/m0/s1. The molecule has 2 aromatic rings. The van der Waals surface area contributed by atoms with Gasteiger partial charge in [-0.15, -0.1) is 0 Å². The van der Waals surface area contributed by atoms with Gasteiger partial charge in [0.05, 0.1) is 6.10 Å². The fourth-order valence-corrected chi connectivity index (χ4v) is 2.64. The lowest BCUT2D eigenvalue weighted by Gasteiger charge is -2.13. The molecule has 0 radical (unpaired) electrons. The summed E-state index contributed by atoms with van der Waals surface area (Å²) in [5.74, 6) is 0.403. The van der Waals surface area contributed by atoms with Gasteiger partial charge in [0.1, 0.15) is 5.75 Å². The summed E-state index contributed by atoms with van der Waals surface area (Å²) in [6.07, 6.45) is 2.32. The monoisotopic (exact) mass is 413 g/mol. The normalized spacial score (nSPS) is 11.3. The highest BCUT2D eigenvalue weighted by atomic mass is 32.1. The van der Waals surface area contributed by atoms with Gasteiger partial charge in [-0.2, -0.15) is 0 Å².